The number of rotatable bonds is 11. The monoisotopic (exact) mass is 589 g/mol. The third-order valence-electron chi connectivity index (χ3n) is 8.84. The Labute approximate surface area is 248 Å². The molecule has 1 N–H and O–H groups in total. The predicted molar refractivity (Wildman–Crippen MR) is 158 cm³/mol. The summed E-state index contributed by atoms with van der Waals surface area (Å²) in [6.45, 7) is 5.88. The molecule has 3 aliphatic rings. The lowest BCUT2D eigenvalue weighted by Gasteiger charge is -2.39. The Kier molecular flexibility index (Phi) is 7.80. The molecule has 6 atom stereocenters. The van der Waals surface area contributed by atoms with E-state index in [1.165, 1.54) is 0 Å². The van der Waals surface area contributed by atoms with E-state index >= 15 is 0 Å². The zero-order valence-corrected chi connectivity index (χ0v) is 24.4. The minimum absolute atomic E-state index is 0.0933. The molecule has 0 aliphatic carbocycles. The molecule has 0 saturated carbocycles. The first-order chi connectivity index (χ1) is 20.4. The number of carbonyl (C=O) groups is 3. The number of benzene rings is 2. The van der Waals surface area contributed by atoms with Crippen LogP contribution >= 0.6 is 11.8 Å². The van der Waals surface area contributed by atoms with Crippen molar-refractivity contribution in [2.45, 2.75) is 54.9 Å². The van der Waals surface area contributed by atoms with E-state index < -0.39 is 28.7 Å². The first-order valence-electron chi connectivity index (χ1n) is 14.4. The summed E-state index contributed by atoms with van der Waals surface area (Å²) in [7, 11) is 0. The van der Waals surface area contributed by atoms with Crippen LogP contribution in [0.15, 0.2) is 67.3 Å². The van der Waals surface area contributed by atoms with Gasteiger partial charge in [-0.1, -0.05) is 53.8 Å². The molecule has 2 aromatic carbocycles. The lowest BCUT2D eigenvalue weighted by atomic mass is 9.71. The second-order valence-electron chi connectivity index (χ2n) is 11.1. The van der Waals surface area contributed by atoms with Crippen LogP contribution in [0.5, 0.6) is 0 Å². The van der Waals surface area contributed by atoms with Crippen LogP contribution in [0, 0.1) is 11.8 Å². The maximum absolute atomic E-state index is 14.8. The van der Waals surface area contributed by atoms with E-state index in [9.17, 15) is 19.5 Å². The number of likely N-dealkylation sites (tertiary alicyclic amines) is 1. The van der Waals surface area contributed by atoms with Crippen molar-refractivity contribution in [1.82, 2.24) is 24.8 Å². The van der Waals surface area contributed by atoms with Crippen molar-refractivity contribution in [3.8, 4) is 0 Å². The van der Waals surface area contributed by atoms with Gasteiger partial charge in [-0.05, 0) is 43.9 Å². The van der Waals surface area contributed by atoms with Crippen molar-refractivity contribution in [3.63, 3.8) is 0 Å². The van der Waals surface area contributed by atoms with Crippen molar-refractivity contribution < 1.29 is 24.2 Å². The number of aromatic nitrogens is 3. The highest BCUT2D eigenvalue weighted by Crippen LogP contribution is 2.67. The summed E-state index contributed by atoms with van der Waals surface area (Å²) >= 11 is 1.58. The van der Waals surface area contributed by atoms with Crippen LogP contribution in [0.4, 0.5) is 0 Å². The molecule has 0 radical (unpaired) electrons. The lowest BCUT2D eigenvalue weighted by molar-refractivity contribution is -0.154. The minimum atomic E-state index is -0.875. The zero-order chi connectivity index (χ0) is 29.4. The summed E-state index contributed by atoms with van der Waals surface area (Å²) in [5.74, 6) is -2.23. The molecule has 2 amide bonds. The number of nitrogens with zero attached hydrogens (tertiary/aromatic N) is 5. The van der Waals surface area contributed by atoms with Crippen LogP contribution in [0.3, 0.4) is 0 Å². The van der Waals surface area contributed by atoms with E-state index in [2.05, 4.69) is 16.9 Å². The molecule has 3 fully saturated rings. The topological polar surface area (TPSA) is 118 Å². The van der Waals surface area contributed by atoms with Crippen LogP contribution in [-0.2, 0) is 32.2 Å². The average molecular weight is 590 g/mol. The smallest absolute Gasteiger partial charge is 0.310 e. The molecular formula is C31H35N5O5S. The van der Waals surface area contributed by atoms with E-state index in [1.807, 2.05) is 54.6 Å². The van der Waals surface area contributed by atoms with Crippen molar-refractivity contribution in [3.05, 3.63) is 72.8 Å². The van der Waals surface area contributed by atoms with E-state index in [1.54, 1.807) is 39.2 Å². The van der Waals surface area contributed by atoms with Gasteiger partial charge in [0.2, 0.25) is 11.8 Å². The summed E-state index contributed by atoms with van der Waals surface area (Å²) in [5.41, 5.74) is 2.44. The average Bonchev–Trinajstić information content (AvgIpc) is 3.75. The van der Waals surface area contributed by atoms with E-state index in [0.29, 0.717) is 24.8 Å². The molecule has 3 aliphatic heterocycles. The first kappa shape index (κ1) is 28.4. The number of aliphatic hydroxyl groups is 1. The fraction of sp³-hybridized carbons (Fsp3) is 0.452. The van der Waals surface area contributed by atoms with Crippen molar-refractivity contribution in [2.24, 2.45) is 11.8 Å². The predicted octanol–water partition coefficient (Wildman–Crippen LogP) is 2.66. The number of hydrogen-bond acceptors (Lipinski definition) is 8. The molecular weight excluding hydrogens is 554 g/mol. The van der Waals surface area contributed by atoms with Gasteiger partial charge in [-0.3, -0.25) is 14.4 Å². The molecule has 42 heavy (non-hydrogen) atoms. The van der Waals surface area contributed by atoms with Gasteiger partial charge in [0.1, 0.15) is 18.2 Å². The van der Waals surface area contributed by atoms with Crippen LogP contribution in [0.25, 0.3) is 11.0 Å². The Hall–Kier alpha value is -3.70. The highest BCUT2D eigenvalue weighted by atomic mass is 32.2. The second-order valence-corrected chi connectivity index (χ2v) is 12.7. The van der Waals surface area contributed by atoms with Crippen LogP contribution in [0.1, 0.15) is 25.3 Å². The van der Waals surface area contributed by atoms with Gasteiger partial charge >= 0.3 is 5.97 Å². The standard InChI is InChI=1S/C31H35N5O5S/c1-3-16-34(19-35-23-13-9-8-12-22(23)32-33-35)29(39)27-31-15-14-24(42-31)25(30(40)41-4-2)26(31)28(38)36(27)21(18-37)17-20-10-6-5-7-11-20/h3,5-13,21,24-27,37H,1,4,14-19H2,2H3/t21-,24-,25+,26+,27?,31?/m1/s1. The molecule has 11 heteroatoms. The molecule has 4 heterocycles. The summed E-state index contributed by atoms with van der Waals surface area (Å²) in [4.78, 5) is 45.7. The minimum Gasteiger partial charge on any atom is -0.466 e. The van der Waals surface area contributed by atoms with E-state index in [-0.39, 0.29) is 49.5 Å². The van der Waals surface area contributed by atoms with Crippen molar-refractivity contribution >= 4 is 40.6 Å². The number of carbonyl (C=O) groups excluding carboxylic acids is 3. The quantitative estimate of drug-likeness (QED) is 0.268. The van der Waals surface area contributed by atoms with Gasteiger partial charge in [0.15, 0.2) is 0 Å². The number of aliphatic hydroxyl groups excluding tert-OH is 1. The first-order valence-corrected chi connectivity index (χ1v) is 15.3. The molecule has 2 bridgehead atoms. The van der Waals surface area contributed by atoms with Crippen LogP contribution in [-0.4, -0.2) is 89.5 Å². The number of esters is 1. The second kappa shape index (κ2) is 11.5. The third kappa shape index (κ3) is 4.59. The normalized spacial score (nSPS) is 26.8. The molecule has 1 aromatic heterocycles. The Balaban J connectivity index is 1.41. The molecule has 1 spiro atoms. The van der Waals surface area contributed by atoms with Crippen molar-refractivity contribution in [1.29, 1.82) is 0 Å². The molecule has 220 valence electrons. The fourth-order valence-electron chi connectivity index (χ4n) is 7.14. The van der Waals surface area contributed by atoms with Crippen LogP contribution in [0.2, 0.25) is 0 Å². The summed E-state index contributed by atoms with van der Waals surface area (Å²) in [5, 5.41) is 19.1. The SMILES string of the molecule is C=CCN(Cn1nnc2ccccc21)C(=O)C1N([C@@H](CO)Cc2ccccc2)C(=O)[C@@H]2[C@@H](C(=O)OCC)[C@H]3CCC12S3. The van der Waals surface area contributed by atoms with Gasteiger partial charge in [-0.2, -0.15) is 0 Å². The molecule has 2 unspecified atom stereocenters. The number of thioether (sulfide) groups is 1. The van der Waals surface area contributed by atoms with Gasteiger partial charge in [0.25, 0.3) is 0 Å². The summed E-state index contributed by atoms with van der Waals surface area (Å²) in [6, 6.07) is 15.6. The van der Waals surface area contributed by atoms with E-state index in [4.69, 9.17) is 4.74 Å². The number of fused-ring (bicyclic) bond motifs is 2. The number of para-hydroxylation sites is 1. The van der Waals surface area contributed by atoms with Gasteiger partial charge in [-0.25, -0.2) is 4.68 Å². The Morgan fingerprint density at radius 2 is 2.00 bits per heavy atom. The van der Waals surface area contributed by atoms with Crippen molar-refractivity contribution in [2.75, 3.05) is 19.8 Å². The van der Waals surface area contributed by atoms with Crippen LogP contribution < -0.4 is 0 Å². The fourth-order valence-corrected chi connectivity index (χ4v) is 9.32. The maximum Gasteiger partial charge on any atom is 0.310 e. The van der Waals surface area contributed by atoms with Gasteiger partial charge in [-0.15, -0.1) is 23.4 Å². The van der Waals surface area contributed by atoms with Gasteiger partial charge in [0.05, 0.1) is 41.4 Å². The highest BCUT2D eigenvalue weighted by Gasteiger charge is 2.74. The Morgan fingerprint density at radius 1 is 1.24 bits per heavy atom. The molecule has 3 aromatic rings. The summed E-state index contributed by atoms with van der Waals surface area (Å²) < 4.78 is 6.31. The Bertz CT molecular complexity index is 1500. The van der Waals surface area contributed by atoms with Gasteiger partial charge in [0, 0.05) is 11.8 Å². The zero-order valence-electron chi connectivity index (χ0n) is 23.5. The number of amides is 2. The highest BCUT2D eigenvalue weighted by molar-refractivity contribution is 8.02. The largest absolute Gasteiger partial charge is 0.466 e. The van der Waals surface area contributed by atoms with E-state index in [0.717, 1.165) is 11.1 Å². The molecule has 3 saturated heterocycles. The summed E-state index contributed by atoms with van der Waals surface area (Å²) in [6.07, 6.45) is 3.37. The molecule has 6 rings (SSSR count). The third-order valence-corrected chi connectivity index (χ3v) is 10.8. The lowest BCUT2D eigenvalue weighted by Crippen LogP contribution is -2.58. The Morgan fingerprint density at radius 3 is 2.74 bits per heavy atom. The molecule has 10 nitrogen and oxygen atoms in total. The number of ether oxygens (including phenoxy) is 1. The van der Waals surface area contributed by atoms with Gasteiger partial charge < -0.3 is 19.6 Å². The maximum atomic E-state index is 14.8. The number of hydrogen-bond donors (Lipinski definition) is 1.